The maximum atomic E-state index is 11.9. The van der Waals surface area contributed by atoms with Gasteiger partial charge < -0.3 is 10.5 Å². The van der Waals surface area contributed by atoms with Gasteiger partial charge in [-0.25, -0.2) is 4.79 Å². The van der Waals surface area contributed by atoms with Crippen molar-refractivity contribution >= 4 is 11.7 Å². The van der Waals surface area contributed by atoms with Crippen LogP contribution in [0.25, 0.3) is 0 Å². The van der Waals surface area contributed by atoms with Crippen molar-refractivity contribution in [2.45, 2.75) is 52.6 Å². The Labute approximate surface area is 109 Å². The van der Waals surface area contributed by atoms with Crippen molar-refractivity contribution in [2.24, 2.45) is 0 Å². The Morgan fingerprint density at radius 1 is 1.39 bits per heavy atom. The van der Waals surface area contributed by atoms with E-state index in [0.29, 0.717) is 11.3 Å². The largest absolute Gasteiger partial charge is 0.459 e. The molecule has 0 aromatic heterocycles. The van der Waals surface area contributed by atoms with Gasteiger partial charge in [-0.05, 0) is 50.5 Å². The molecule has 0 aliphatic carbocycles. The molecular weight excluding hydrogens is 226 g/mol. The van der Waals surface area contributed by atoms with E-state index in [4.69, 9.17) is 10.5 Å². The average molecular weight is 249 g/mol. The molecule has 1 aromatic rings. The number of carbonyl (C=O) groups is 1. The molecule has 0 aliphatic rings. The number of ether oxygens (including phenoxy) is 1. The molecular formula is C15H23NO2. The topological polar surface area (TPSA) is 52.3 Å². The summed E-state index contributed by atoms with van der Waals surface area (Å²) in [6, 6.07) is 5.23. The molecule has 3 nitrogen and oxygen atoms in total. The number of nitrogen functional groups attached to an aromatic ring is 1. The number of anilines is 1. The van der Waals surface area contributed by atoms with Crippen molar-refractivity contribution in [3.05, 3.63) is 29.3 Å². The molecule has 3 heteroatoms. The Balaban J connectivity index is 2.51. The Bertz CT molecular complexity index is 401. The lowest BCUT2D eigenvalue weighted by molar-refractivity contribution is 0.0319. The van der Waals surface area contributed by atoms with Crippen LogP contribution in [0.1, 0.15) is 55.5 Å². The second kappa shape index (κ2) is 7.04. The number of hydrogen-bond acceptors (Lipinski definition) is 3. The van der Waals surface area contributed by atoms with Crippen molar-refractivity contribution in [2.75, 3.05) is 5.73 Å². The van der Waals surface area contributed by atoms with E-state index >= 15 is 0 Å². The number of benzene rings is 1. The molecule has 2 N–H and O–H groups in total. The van der Waals surface area contributed by atoms with Crippen molar-refractivity contribution in [1.29, 1.82) is 0 Å². The minimum Gasteiger partial charge on any atom is -0.459 e. The Kier molecular flexibility index (Phi) is 5.69. The summed E-state index contributed by atoms with van der Waals surface area (Å²) in [7, 11) is 0. The highest BCUT2D eigenvalue weighted by atomic mass is 16.5. The maximum absolute atomic E-state index is 11.9. The number of rotatable bonds is 6. The molecule has 0 saturated carbocycles. The van der Waals surface area contributed by atoms with E-state index in [9.17, 15) is 4.79 Å². The summed E-state index contributed by atoms with van der Waals surface area (Å²) < 4.78 is 5.40. The summed E-state index contributed by atoms with van der Waals surface area (Å²) in [5, 5.41) is 0. The van der Waals surface area contributed by atoms with Gasteiger partial charge in [-0.15, -0.1) is 0 Å². The molecule has 0 fully saturated rings. The number of carbonyl (C=O) groups excluding carboxylic acids is 1. The number of nitrogens with two attached hydrogens (primary N) is 1. The third-order valence-corrected chi connectivity index (χ3v) is 3.03. The van der Waals surface area contributed by atoms with Crippen molar-refractivity contribution in [3.8, 4) is 0 Å². The zero-order valence-corrected chi connectivity index (χ0v) is 11.5. The number of unbranched alkanes of at least 4 members (excludes halogenated alkanes) is 2. The minimum atomic E-state index is -0.262. The molecule has 18 heavy (non-hydrogen) atoms. The van der Waals surface area contributed by atoms with Crippen LogP contribution in [0.2, 0.25) is 0 Å². The molecule has 0 aliphatic heterocycles. The van der Waals surface area contributed by atoms with Crippen LogP contribution < -0.4 is 5.73 Å². The molecule has 0 amide bonds. The van der Waals surface area contributed by atoms with Crippen LogP contribution in [0.5, 0.6) is 0 Å². The van der Waals surface area contributed by atoms with Gasteiger partial charge in [0.1, 0.15) is 0 Å². The zero-order valence-electron chi connectivity index (χ0n) is 11.5. The van der Waals surface area contributed by atoms with Crippen LogP contribution in [-0.2, 0) is 4.74 Å². The molecule has 1 aromatic carbocycles. The average Bonchev–Trinajstić information content (AvgIpc) is 2.33. The second-order valence-electron chi connectivity index (χ2n) is 4.78. The maximum Gasteiger partial charge on any atom is 0.338 e. The van der Waals surface area contributed by atoms with E-state index in [0.717, 1.165) is 18.4 Å². The van der Waals surface area contributed by atoms with Crippen LogP contribution in [-0.4, -0.2) is 12.1 Å². The van der Waals surface area contributed by atoms with E-state index in [2.05, 4.69) is 6.92 Å². The molecule has 1 rings (SSSR count). The second-order valence-corrected chi connectivity index (χ2v) is 4.78. The third-order valence-electron chi connectivity index (χ3n) is 3.03. The van der Waals surface area contributed by atoms with Crippen molar-refractivity contribution in [1.82, 2.24) is 0 Å². The molecule has 0 saturated heterocycles. The third kappa shape index (κ3) is 4.40. The van der Waals surface area contributed by atoms with E-state index in [1.54, 1.807) is 18.2 Å². The van der Waals surface area contributed by atoms with Gasteiger partial charge in [-0.3, -0.25) is 0 Å². The highest BCUT2D eigenvalue weighted by Crippen LogP contribution is 2.15. The Morgan fingerprint density at radius 2 is 2.11 bits per heavy atom. The zero-order chi connectivity index (χ0) is 13.5. The summed E-state index contributed by atoms with van der Waals surface area (Å²) in [6.07, 6.45) is 4.36. The summed E-state index contributed by atoms with van der Waals surface area (Å²) in [4.78, 5) is 11.9. The first-order valence-electron chi connectivity index (χ1n) is 6.61. The highest BCUT2D eigenvalue weighted by Gasteiger charge is 2.12. The Morgan fingerprint density at radius 3 is 2.72 bits per heavy atom. The van der Waals surface area contributed by atoms with Gasteiger partial charge >= 0.3 is 5.97 Å². The lowest BCUT2D eigenvalue weighted by atomic mass is 10.1. The Hall–Kier alpha value is -1.51. The van der Waals surface area contributed by atoms with Gasteiger partial charge in [0.15, 0.2) is 0 Å². The van der Waals surface area contributed by atoms with E-state index in [1.165, 1.54) is 12.8 Å². The fourth-order valence-corrected chi connectivity index (χ4v) is 1.79. The number of hydrogen-bond donors (Lipinski definition) is 1. The molecule has 0 spiro atoms. The SMILES string of the molecule is CCCCCC(C)OC(=O)c1ccc(N)c(C)c1. The van der Waals surface area contributed by atoms with Gasteiger partial charge in [0.2, 0.25) is 0 Å². The van der Waals surface area contributed by atoms with Crippen LogP contribution in [0.3, 0.4) is 0 Å². The standard InChI is InChI=1S/C15H23NO2/c1-4-5-6-7-12(3)18-15(17)13-8-9-14(16)11(2)10-13/h8-10,12H,4-7,16H2,1-3H3. The van der Waals surface area contributed by atoms with Crippen molar-refractivity contribution < 1.29 is 9.53 Å². The molecule has 0 radical (unpaired) electrons. The van der Waals surface area contributed by atoms with Crippen molar-refractivity contribution in [3.63, 3.8) is 0 Å². The molecule has 0 bridgehead atoms. The van der Waals surface area contributed by atoms with Gasteiger partial charge in [-0.2, -0.15) is 0 Å². The van der Waals surface area contributed by atoms with Gasteiger partial charge in [-0.1, -0.05) is 19.8 Å². The summed E-state index contributed by atoms with van der Waals surface area (Å²) in [5.74, 6) is -0.262. The first kappa shape index (κ1) is 14.6. The highest BCUT2D eigenvalue weighted by molar-refractivity contribution is 5.90. The summed E-state index contributed by atoms with van der Waals surface area (Å²) in [6.45, 7) is 5.99. The van der Waals surface area contributed by atoms with Crippen LogP contribution in [0.15, 0.2) is 18.2 Å². The smallest absolute Gasteiger partial charge is 0.338 e. The number of aryl methyl sites for hydroxylation is 1. The van der Waals surface area contributed by atoms with Crippen LogP contribution in [0, 0.1) is 6.92 Å². The lowest BCUT2D eigenvalue weighted by Crippen LogP contribution is -2.15. The van der Waals surface area contributed by atoms with Crippen LogP contribution in [0.4, 0.5) is 5.69 Å². The van der Waals surface area contributed by atoms with E-state index in [-0.39, 0.29) is 12.1 Å². The van der Waals surface area contributed by atoms with E-state index < -0.39 is 0 Å². The summed E-state index contributed by atoms with van der Waals surface area (Å²) >= 11 is 0. The fraction of sp³-hybridized carbons (Fsp3) is 0.533. The number of esters is 1. The van der Waals surface area contributed by atoms with Gasteiger partial charge in [0.25, 0.3) is 0 Å². The summed E-state index contributed by atoms with van der Waals surface area (Å²) in [5.41, 5.74) is 7.89. The minimum absolute atomic E-state index is 0.0260. The normalized spacial score (nSPS) is 12.2. The molecule has 1 unspecified atom stereocenters. The fourth-order valence-electron chi connectivity index (χ4n) is 1.79. The van der Waals surface area contributed by atoms with Crippen LogP contribution >= 0.6 is 0 Å². The monoisotopic (exact) mass is 249 g/mol. The first-order chi connectivity index (χ1) is 8.54. The predicted octanol–water partition coefficient (Wildman–Crippen LogP) is 3.70. The molecule has 100 valence electrons. The predicted molar refractivity (Wildman–Crippen MR) is 74.6 cm³/mol. The lowest BCUT2D eigenvalue weighted by Gasteiger charge is -2.13. The van der Waals surface area contributed by atoms with Gasteiger partial charge in [0.05, 0.1) is 11.7 Å². The first-order valence-corrected chi connectivity index (χ1v) is 6.61. The molecule has 0 heterocycles. The molecule has 1 atom stereocenters. The van der Waals surface area contributed by atoms with E-state index in [1.807, 2.05) is 13.8 Å². The van der Waals surface area contributed by atoms with Gasteiger partial charge in [0, 0.05) is 5.69 Å². The quantitative estimate of drug-likeness (QED) is 0.475.